The molecule has 2 aliphatic rings. The van der Waals surface area contributed by atoms with E-state index in [-0.39, 0.29) is 11.4 Å². The number of rotatable bonds is 4. The van der Waals surface area contributed by atoms with Crippen LogP contribution >= 0.6 is 0 Å². The number of aromatic nitrogens is 1. The van der Waals surface area contributed by atoms with Crippen LogP contribution in [0.2, 0.25) is 0 Å². The number of hydrogen-bond acceptors (Lipinski definition) is 4. The van der Waals surface area contributed by atoms with Crippen LogP contribution in [0.4, 0.5) is 10.1 Å². The van der Waals surface area contributed by atoms with E-state index in [1.54, 1.807) is 12.3 Å². The normalized spacial score (nSPS) is 23.3. The lowest BCUT2D eigenvalue weighted by Crippen LogP contribution is -2.58. The fraction of sp³-hybridized carbons (Fsp3) is 0.688. The van der Waals surface area contributed by atoms with E-state index in [1.165, 1.54) is 31.9 Å². The second-order valence-electron chi connectivity index (χ2n) is 6.43. The van der Waals surface area contributed by atoms with Crippen molar-refractivity contribution in [1.29, 1.82) is 0 Å². The molecule has 3 rings (SSSR count). The van der Waals surface area contributed by atoms with Crippen molar-refractivity contribution in [2.24, 2.45) is 0 Å². The topological polar surface area (TPSA) is 31.4 Å². The largest absolute Gasteiger partial charge is 0.381 e. The highest BCUT2D eigenvalue weighted by atomic mass is 19.1. The second kappa shape index (κ2) is 6.28. The lowest BCUT2D eigenvalue weighted by molar-refractivity contribution is 0.0510. The van der Waals surface area contributed by atoms with Crippen molar-refractivity contribution in [1.82, 2.24) is 14.8 Å². The summed E-state index contributed by atoms with van der Waals surface area (Å²) in [6.45, 7) is 5.34. The highest BCUT2D eigenvalue weighted by Gasteiger charge is 2.40. The predicted molar refractivity (Wildman–Crippen MR) is 83.0 cm³/mol. The van der Waals surface area contributed by atoms with Crippen LogP contribution < -0.4 is 5.32 Å². The number of halogens is 1. The molecule has 0 spiro atoms. The van der Waals surface area contributed by atoms with Crippen LogP contribution in [0.5, 0.6) is 0 Å². The summed E-state index contributed by atoms with van der Waals surface area (Å²) < 4.78 is 13.7. The number of anilines is 1. The van der Waals surface area contributed by atoms with Gasteiger partial charge in [-0.25, -0.2) is 4.39 Å². The smallest absolute Gasteiger partial charge is 0.164 e. The van der Waals surface area contributed by atoms with Gasteiger partial charge in [0.05, 0.1) is 11.9 Å². The molecule has 0 unspecified atom stereocenters. The minimum absolute atomic E-state index is 0.205. The molecule has 0 aromatic carbocycles. The van der Waals surface area contributed by atoms with Gasteiger partial charge >= 0.3 is 0 Å². The molecule has 0 radical (unpaired) electrons. The van der Waals surface area contributed by atoms with Gasteiger partial charge in [0.25, 0.3) is 0 Å². The number of likely N-dealkylation sites (N-methyl/N-ethyl adjacent to an activating group) is 1. The standard InChI is InChI=1S/C16H25FN4/c1-20-8-10-21(11-9-20)16(5-2-3-6-16)13-19-15-4-7-18-12-14(15)17/h4,7,12H,2-3,5-6,8-11,13H2,1H3,(H,18,19). The van der Waals surface area contributed by atoms with Gasteiger partial charge < -0.3 is 10.2 Å². The van der Waals surface area contributed by atoms with E-state index in [4.69, 9.17) is 0 Å². The Labute approximate surface area is 126 Å². The molecule has 1 saturated heterocycles. The Morgan fingerprint density at radius 3 is 2.62 bits per heavy atom. The maximum Gasteiger partial charge on any atom is 0.164 e. The van der Waals surface area contributed by atoms with Gasteiger partial charge in [-0.1, -0.05) is 12.8 Å². The van der Waals surface area contributed by atoms with Crippen molar-refractivity contribution < 1.29 is 4.39 Å². The highest BCUT2D eigenvalue weighted by Crippen LogP contribution is 2.36. The molecule has 1 aliphatic heterocycles. The summed E-state index contributed by atoms with van der Waals surface area (Å²) in [6.07, 6.45) is 7.93. The van der Waals surface area contributed by atoms with Crippen LogP contribution in [0.25, 0.3) is 0 Å². The second-order valence-corrected chi connectivity index (χ2v) is 6.43. The average molecular weight is 292 g/mol. The lowest BCUT2D eigenvalue weighted by Gasteiger charge is -2.45. The molecule has 2 fully saturated rings. The monoisotopic (exact) mass is 292 g/mol. The van der Waals surface area contributed by atoms with Crippen molar-refractivity contribution in [2.75, 3.05) is 45.1 Å². The van der Waals surface area contributed by atoms with Gasteiger partial charge in [0.15, 0.2) is 5.82 Å². The number of hydrogen-bond donors (Lipinski definition) is 1. The first-order valence-electron chi connectivity index (χ1n) is 7.97. The molecule has 0 amide bonds. The van der Waals surface area contributed by atoms with Crippen LogP contribution in [0, 0.1) is 5.82 Å². The van der Waals surface area contributed by atoms with E-state index in [0.717, 1.165) is 32.7 Å². The van der Waals surface area contributed by atoms with E-state index in [9.17, 15) is 4.39 Å². The van der Waals surface area contributed by atoms with Gasteiger partial charge in [0.2, 0.25) is 0 Å². The van der Waals surface area contributed by atoms with Gasteiger partial charge in [-0.2, -0.15) is 0 Å². The summed E-state index contributed by atoms with van der Waals surface area (Å²) in [6, 6.07) is 1.72. The molecule has 0 atom stereocenters. The Bertz CT molecular complexity index is 465. The number of nitrogens with zero attached hydrogens (tertiary/aromatic N) is 3. The zero-order chi connectivity index (χ0) is 14.7. The summed E-state index contributed by atoms with van der Waals surface area (Å²) in [4.78, 5) is 8.82. The molecule has 1 aliphatic carbocycles. The lowest BCUT2D eigenvalue weighted by atomic mass is 9.93. The van der Waals surface area contributed by atoms with Crippen LogP contribution in [-0.2, 0) is 0 Å². The number of pyridine rings is 1. The molecule has 21 heavy (non-hydrogen) atoms. The third kappa shape index (κ3) is 3.19. The first-order chi connectivity index (χ1) is 10.2. The summed E-state index contributed by atoms with van der Waals surface area (Å²) >= 11 is 0. The Balaban J connectivity index is 1.68. The highest BCUT2D eigenvalue weighted by molar-refractivity contribution is 5.43. The quantitative estimate of drug-likeness (QED) is 0.922. The minimum atomic E-state index is -0.260. The maximum atomic E-state index is 13.7. The van der Waals surface area contributed by atoms with E-state index in [2.05, 4.69) is 27.1 Å². The first kappa shape index (κ1) is 14.7. The molecule has 1 N–H and O–H groups in total. The third-order valence-electron chi connectivity index (χ3n) is 5.09. The van der Waals surface area contributed by atoms with E-state index >= 15 is 0 Å². The number of nitrogens with one attached hydrogen (secondary N) is 1. The minimum Gasteiger partial charge on any atom is -0.381 e. The molecule has 5 heteroatoms. The van der Waals surface area contributed by atoms with Gasteiger partial charge in [-0.3, -0.25) is 9.88 Å². The molecule has 2 heterocycles. The van der Waals surface area contributed by atoms with Crippen molar-refractivity contribution in [3.63, 3.8) is 0 Å². The summed E-state index contributed by atoms with van der Waals surface area (Å²) in [5, 5.41) is 3.33. The molecule has 116 valence electrons. The third-order valence-corrected chi connectivity index (χ3v) is 5.09. The summed E-state index contributed by atoms with van der Waals surface area (Å²) in [5.74, 6) is -0.260. The van der Waals surface area contributed by atoms with Crippen LogP contribution in [0.3, 0.4) is 0 Å². The number of piperazine rings is 1. The van der Waals surface area contributed by atoms with Crippen molar-refractivity contribution in [2.45, 2.75) is 31.2 Å². The zero-order valence-electron chi connectivity index (χ0n) is 12.8. The molecule has 0 bridgehead atoms. The Morgan fingerprint density at radius 2 is 1.95 bits per heavy atom. The van der Waals surface area contributed by atoms with Gasteiger partial charge in [0.1, 0.15) is 0 Å². The van der Waals surface area contributed by atoms with Gasteiger partial charge in [-0.15, -0.1) is 0 Å². The molecule has 1 saturated carbocycles. The molecule has 1 aromatic heterocycles. The van der Waals surface area contributed by atoms with Crippen molar-refractivity contribution >= 4 is 5.69 Å². The zero-order valence-corrected chi connectivity index (χ0v) is 12.8. The van der Waals surface area contributed by atoms with Crippen LogP contribution in [0.15, 0.2) is 18.5 Å². The van der Waals surface area contributed by atoms with E-state index in [0.29, 0.717) is 5.69 Å². The van der Waals surface area contributed by atoms with Crippen LogP contribution in [0.1, 0.15) is 25.7 Å². The predicted octanol–water partition coefficient (Wildman–Crippen LogP) is 2.19. The molecule has 1 aromatic rings. The van der Waals surface area contributed by atoms with Crippen molar-refractivity contribution in [3.8, 4) is 0 Å². The summed E-state index contributed by atoms with van der Waals surface area (Å²) in [5.41, 5.74) is 0.780. The fourth-order valence-corrected chi connectivity index (χ4v) is 3.70. The Morgan fingerprint density at radius 1 is 1.24 bits per heavy atom. The molecular formula is C16H25FN4. The Hall–Kier alpha value is -1.20. The maximum absolute atomic E-state index is 13.7. The fourth-order valence-electron chi connectivity index (χ4n) is 3.70. The van der Waals surface area contributed by atoms with Crippen LogP contribution in [-0.4, -0.2) is 60.1 Å². The van der Waals surface area contributed by atoms with Crippen molar-refractivity contribution in [3.05, 3.63) is 24.3 Å². The SMILES string of the molecule is CN1CCN(C2(CNc3ccncc3F)CCCC2)CC1. The van der Waals surface area contributed by atoms with Gasteiger partial charge in [0, 0.05) is 44.5 Å². The molecule has 4 nitrogen and oxygen atoms in total. The first-order valence-corrected chi connectivity index (χ1v) is 7.97. The van der Waals surface area contributed by atoms with E-state index < -0.39 is 0 Å². The summed E-state index contributed by atoms with van der Waals surface area (Å²) in [7, 11) is 2.18. The van der Waals surface area contributed by atoms with Gasteiger partial charge in [-0.05, 0) is 26.0 Å². The molecular weight excluding hydrogens is 267 g/mol. The average Bonchev–Trinajstić information content (AvgIpc) is 2.97. The van der Waals surface area contributed by atoms with E-state index in [1.807, 2.05) is 0 Å². The Kier molecular flexibility index (Phi) is 4.40.